The molecule has 0 radical (unpaired) electrons. The minimum Gasteiger partial charge on any atom is -0.258 e. The van der Waals surface area contributed by atoms with Crippen LogP contribution in [0.5, 0.6) is 0 Å². The molecule has 1 aromatic heterocycles. The number of aryl methyl sites for hydroxylation is 2. The van der Waals surface area contributed by atoms with Crippen molar-refractivity contribution in [2.24, 2.45) is 0 Å². The van der Waals surface area contributed by atoms with Crippen molar-refractivity contribution in [2.45, 2.75) is 13.7 Å². The maximum absolute atomic E-state index is 7.29. The van der Waals surface area contributed by atoms with Gasteiger partial charge in [0.15, 0.2) is 0 Å². The van der Waals surface area contributed by atoms with Gasteiger partial charge in [0.2, 0.25) is 0 Å². The Morgan fingerprint density at radius 1 is 1.00 bits per heavy atom. The van der Waals surface area contributed by atoms with Gasteiger partial charge in [-0.15, -0.1) is 0 Å². The summed E-state index contributed by atoms with van der Waals surface area (Å²) in [5, 5.41) is 0. The second-order valence-corrected chi connectivity index (χ2v) is 2.86. The van der Waals surface area contributed by atoms with Crippen LogP contribution >= 0.6 is 0 Å². The minimum absolute atomic E-state index is 0.0691. The molecule has 0 N–H and O–H groups in total. The zero-order valence-electron chi connectivity index (χ0n) is 13.4. The number of hydrogen-bond acceptors (Lipinski definition) is 2. The first-order valence-corrected chi connectivity index (χ1v) is 4.11. The lowest BCUT2D eigenvalue weighted by Crippen LogP contribution is -1.87. The molecule has 0 amide bonds. The van der Waals surface area contributed by atoms with E-state index < -0.39 is 13.7 Å². The molecule has 0 saturated heterocycles. The third-order valence-corrected chi connectivity index (χ3v) is 1.83. The van der Waals surface area contributed by atoms with E-state index in [4.69, 9.17) is 8.22 Å². The molecule has 2 nitrogen and oxygen atoms in total. The highest BCUT2D eigenvalue weighted by Crippen LogP contribution is 2.15. The Balaban J connectivity index is 2.29. The summed E-state index contributed by atoms with van der Waals surface area (Å²) < 4.78 is 43.5. The molecular weight excluding hydrogens is 172 g/mol. The topological polar surface area (TPSA) is 25.8 Å². The smallest absolute Gasteiger partial charge is 0.0885 e. The van der Waals surface area contributed by atoms with Gasteiger partial charge in [0.25, 0.3) is 0 Å². The molecule has 0 aliphatic carbocycles. The molecule has 2 aromatic rings. The van der Waals surface area contributed by atoms with E-state index in [0.29, 0.717) is 11.3 Å². The van der Waals surface area contributed by atoms with E-state index in [1.54, 1.807) is 12.1 Å². The standard InChI is InChI=1S/C12H12N2/c1-9-3-5-11(6-4-9)12-8-13-10(2)7-14-12/h3-8H,1-2H3/i1D3,2D3. The van der Waals surface area contributed by atoms with Crippen LogP contribution in [0.15, 0.2) is 36.7 Å². The SMILES string of the molecule is [2H]C([2H])([2H])c1ccc(-c2cnc(C([2H])([2H])[2H])cn2)cc1. The molecule has 0 fully saturated rings. The Bertz CT molecular complexity index is 528. The van der Waals surface area contributed by atoms with Gasteiger partial charge in [-0.1, -0.05) is 29.8 Å². The first kappa shape index (κ1) is 4.22. The third-order valence-electron chi connectivity index (χ3n) is 1.83. The van der Waals surface area contributed by atoms with Gasteiger partial charge in [-0.25, -0.2) is 0 Å². The van der Waals surface area contributed by atoms with Crippen LogP contribution in [-0.4, -0.2) is 9.97 Å². The van der Waals surface area contributed by atoms with Crippen LogP contribution in [0.3, 0.4) is 0 Å². The molecule has 0 unspecified atom stereocenters. The Morgan fingerprint density at radius 3 is 2.43 bits per heavy atom. The lowest BCUT2D eigenvalue weighted by Gasteiger charge is -2.00. The van der Waals surface area contributed by atoms with Crippen LogP contribution < -0.4 is 0 Å². The highest BCUT2D eigenvalue weighted by Gasteiger charge is 1.97. The van der Waals surface area contributed by atoms with Crippen LogP contribution in [0.2, 0.25) is 0 Å². The number of aromatic nitrogens is 2. The van der Waals surface area contributed by atoms with E-state index in [0.717, 1.165) is 0 Å². The molecule has 0 aliphatic heterocycles. The Kier molecular flexibility index (Phi) is 1.08. The number of nitrogens with zero attached hydrogens (tertiary/aromatic N) is 2. The molecule has 70 valence electrons. The van der Waals surface area contributed by atoms with Gasteiger partial charge in [-0.05, 0) is 13.7 Å². The summed E-state index contributed by atoms with van der Waals surface area (Å²) in [6, 6.07) is 6.25. The van der Waals surface area contributed by atoms with Crippen molar-refractivity contribution in [1.82, 2.24) is 9.97 Å². The van der Waals surface area contributed by atoms with E-state index in [1.807, 2.05) is 0 Å². The molecule has 1 heterocycles. The van der Waals surface area contributed by atoms with Crippen LogP contribution in [0, 0.1) is 13.7 Å². The fourth-order valence-corrected chi connectivity index (χ4v) is 1.12. The van der Waals surface area contributed by atoms with Crippen molar-refractivity contribution in [3.63, 3.8) is 0 Å². The molecule has 1 aromatic carbocycles. The van der Waals surface area contributed by atoms with Crippen molar-refractivity contribution in [3.05, 3.63) is 47.9 Å². The van der Waals surface area contributed by atoms with Crippen LogP contribution in [0.25, 0.3) is 11.3 Å². The Morgan fingerprint density at radius 2 is 1.86 bits per heavy atom. The number of rotatable bonds is 1. The quantitative estimate of drug-likeness (QED) is 0.691. The maximum Gasteiger partial charge on any atom is 0.0885 e. The molecule has 14 heavy (non-hydrogen) atoms. The van der Waals surface area contributed by atoms with E-state index in [9.17, 15) is 0 Å². The fraction of sp³-hybridized carbons (Fsp3) is 0.167. The van der Waals surface area contributed by atoms with Gasteiger partial charge in [-0.3, -0.25) is 9.97 Å². The van der Waals surface area contributed by atoms with Gasteiger partial charge in [0, 0.05) is 20.0 Å². The first-order valence-electron chi connectivity index (χ1n) is 7.11. The van der Waals surface area contributed by atoms with Crippen molar-refractivity contribution in [2.75, 3.05) is 0 Å². The molecule has 0 bridgehead atoms. The normalized spacial score (nSPS) is 18.3. The van der Waals surface area contributed by atoms with Gasteiger partial charge < -0.3 is 0 Å². The first-order chi connectivity index (χ1) is 9.18. The second-order valence-electron chi connectivity index (χ2n) is 2.86. The predicted molar refractivity (Wildman–Crippen MR) is 56.9 cm³/mol. The monoisotopic (exact) mass is 190 g/mol. The van der Waals surface area contributed by atoms with Gasteiger partial charge >= 0.3 is 0 Å². The molecular formula is C12H12N2. The number of benzene rings is 1. The zero-order chi connectivity index (χ0) is 15.0. The lowest BCUT2D eigenvalue weighted by atomic mass is 10.1. The summed E-state index contributed by atoms with van der Waals surface area (Å²) in [4.78, 5) is 7.91. The van der Waals surface area contributed by atoms with Crippen LogP contribution in [0.4, 0.5) is 0 Å². The third kappa shape index (κ3) is 1.79. The fourth-order valence-electron chi connectivity index (χ4n) is 1.12. The van der Waals surface area contributed by atoms with Crippen molar-refractivity contribution in [3.8, 4) is 11.3 Å². The van der Waals surface area contributed by atoms with Gasteiger partial charge in [0.05, 0.1) is 17.6 Å². The van der Waals surface area contributed by atoms with Crippen molar-refractivity contribution in [1.29, 1.82) is 0 Å². The molecule has 2 heteroatoms. The van der Waals surface area contributed by atoms with Crippen LogP contribution in [0.1, 0.15) is 19.5 Å². The Labute approximate surface area is 92.1 Å². The summed E-state index contributed by atoms with van der Waals surface area (Å²) in [5.74, 6) is 0. The summed E-state index contributed by atoms with van der Waals surface area (Å²) in [6.45, 7) is -4.42. The van der Waals surface area contributed by atoms with E-state index in [1.165, 1.54) is 24.5 Å². The van der Waals surface area contributed by atoms with E-state index in [-0.39, 0.29) is 11.3 Å². The van der Waals surface area contributed by atoms with Crippen molar-refractivity contribution >= 4 is 0 Å². The average molecular weight is 190 g/mol. The van der Waals surface area contributed by atoms with Gasteiger partial charge in [0.1, 0.15) is 0 Å². The van der Waals surface area contributed by atoms with Crippen LogP contribution in [-0.2, 0) is 0 Å². The minimum atomic E-state index is -2.28. The molecule has 0 atom stereocenters. The lowest BCUT2D eigenvalue weighted by molar-refractivity contribution is 1.12. The Hall–Kier alpha value is -1.70. The predicted octanol–water partition coefficient (Wildman–Crippen LogP) is 2.76. The average Bonchev–Trinajstić information content (AvgIpc) is 2.37. The maximum atomic E-state index is 7.29. The zero-order valence-corrected chi connectivity index (χ0v) is 7.36. The largest absolute Gasteiger partial charge is 0.258 e. The molecule has 0 aliphatic rings. The number of hydrogen-bond donors (Lipinski definition) is 0. The summed E-state index contributed by atoms with van der Waals surface area (Å²) in [5.41, 5.74) is 1.35. The molecule has 0 saturated carbocycles. The highest BCUT2D eigenvalue weighted by molar-refractivity contribution is 5.58. The molecule has 2 rings (SSSR count). The van der Waals surface area contributed by atoms with Crippen molar-refractivity contribution < 1.29 is 8.22 Å². The second kappa shape index (κ2) is 3.58. The highest BCUT2D eigenvalue weighted by atomic mass is 14.8. The summed E-state index contributed by atoms with van der Waals surface area (Å²) in [6.07, 6.45) is 2.58. The summed E-state index contributed by atoms with van der Waals surface area (Å²) >= 11 is 0. The van der Waals surface area contributed by atoms with E-state index >= 15 is 0 Å². The van der Waals surface area contributed by atoms with E-state index in [2.05, 4.69) is 9.97 Å². The molecule has 0 spiro atoms. The van der Waals surface area contributed by atoms with Gasteiger partial charge in [-0.2, -0.15) is 0 Å². The summed E-state index contributed by atoms with van der Waals surface area (Å²) in [7, 11) is 0.